The molecule has 1 spiro atoms. The first-order chi connectivity index (χ1) is 12.1. The zero-order valence-electron chi connectivity index (χ0n) is 14.7. The van der Waals surface area contributed by atoms with Gasteiger partial charge in [0.15, 0.2) is 6.04 Å². The average molecular weight is 346 g/mol. The van der Waals surface area contributed by atoms with Gasteiger partial charge in [-0.05, 0) is 12.0 Å². The maximum absolute atomic E-state index is 12.6. The van der Waals surface area contributed by atoms with Gasteiger partial charge in [-0.15, -0.1) is 0 Å². The predicted molar refractivity (Wildman–Crippen MR) is 92.8 cm³/mol. The summed E-state index contributed by atoms with van der Waals surface area (Å²) in [6.07, 6.45) is 2.37. The number of carboxylic acids is 1. The molecule has 0 aliphatic carbocycles. The van der Waals surface area contributed by atoms with Crippen LogP contribution in [-0.4, -0.2) is 58.2 Å². The predicted octanol–water partition coefficient (Wildman–Crippen LogP) is 2.09. The Morgan fingerprint density at radius 1 is 1.24 bits per heavy atom. The van der Waals surface area contributed by atoms with Gasteiger partial charge in [0.1, 0.15) is 5.72 Å². The zero-order chi connectivity index (χ0) is 17.9. The van der Waals surface area contributed by atoms with Crippen molar-refractivity contribution in [3.05, 3.63) is 35.9 Å². The lowest BCUT2D eigenvalue weighted by atomic mass is 9.96. The Hall–Kier alpha value is -1.92. The monoisotopic (exact) mass is 346 g/mol. The summed E-state index contributed by atoms with van der Waals surface area (Å²) in [5, 5.41) is 9.48. The third kappa shape index (κ3) is 3.70. The normalized spacial score (nSPS) is 23.1. The van der Waals surface area contributed by atoms with Crippen LogP contribution in [-0.2, 0) is 20.9 Å². The van der Waals surface area contributed by atoms with Crippen LogP contribution in [0, 0.1) is 0 Å². The van der Waals surface area contributed by atoms with Crippen molar-refractivity contribution in [1.82, 2.24) is 9.80 Å². The number of rotatable bonds is 5. The fraction of sp³-hybridized carbons (Fsp3) is 0.579. The Balaban J connectivity index is 1.69. The molecule has 6 nitrogen and oxygen atoms in total. The van der Waals surface area contributed by atoms with Gasteiger partial charge in [-0.25, -0.2) is 4.79 Å². The smallest absolute Gasteiger partial charge is 0.328 e. The number of carbonyl (C=O) groups is 2. The molecule has 2 aliphatic rings. The number of hydrogen-bond acceptors (Lipinski definition) is 4. The fourth-order valence-electron chi connectivity index (χ4n) is 3.87. The number of carbonyl (C=O) groups excluding carboxylic acids is 1. The highest BCUT2D eigenvalue weighted by atomic mass is 16.5. The molecule has 25 heavy (non-hydrogen) atoms. The standard InChI is InChI=1S/C19H26N2O4/c1-2-6-17(22)21-16(18(23)24)14-25-19(21)9-11-20(12-10-19)13-15-7-4-3-5-8-15/h3-5,7-8,16H,2,6,9-14H2,1H3,(H,23,24)/t16-/m1/s1. The molecule has 6 heteroatoms. The first-order valence-electron chi connectivity index (χ1n) is 9.01. The summed E-state index contributed by atoms with van der Waals surface area (Å²) in [4.78, 5) is 28.0. The topological polar surface area (TPSA) is 70.1 Å². The van der Waals surface area contributed by atoms with E-state index in [1.54, 1.807) is 0 Å². The lowest BCUT2D eigenvalue weighted by Crippen LogP contribution is -2.58. The first-order valence-corrected chi connectivity index (χ1v) is 9.01. The SMILES string of the molecule is CCCC(=O)N1[C@@H](C(=O)O)COC12CCN(Cc1ccccc1)CC2. The molecule has 0 saturated carbocycles. The van der Waals surface area contributed by atoms with Crippen LogP contribution in [0.15, 0.2) is 30.3 Å². The summed E-state index contributed by atoms with van der Waals surface area (Å²) in [6.45, 7) is 4.46. The van der Waals surface area contributed by atoms with E-state index in [4.69, 9.17) is 4.74 Å². The zero-order valence-corrected chi connectivity index (χ0v) is 14.7. The second-order valence-electron chi connectivity index (χ2n) is 6.89. The number of aliphatic carboxylic acids is 1. The minimum Gasteiger partial charge on any atom is -0.480 e. The molecule has 136 valence electrons. The summed E-state index contributed by atoms with van der Waals surface area (Å²) < 4.78 is 5.93. The summed E-state index contributed by atoms with van der Waals surface area (Å²) in [5.41, 5.74) is 0.510. The Bertz CT molecular complexity index is 611. The van der Waals surface area contributed by atoms with Crippen molar-refractivity contribution < 1.29 is 19.4 Å². The van der Waals surface area contributed by atoms with E-state index >= 15 is 0 Å². The molecule has 1 atom stereocenters. The minimum absolute atomic E-state index is 0.0868. The largest absolute Gasteiger partial charge is 0.480 e. The number of ether oxygens (including phenoxy) is 1. The molecule has 2 fully saturated rings. The molecule has 3 rings (SSSR count). The Morgan fingerprint density at radius 2 is 1.92 bits per heavy atom. The molecular weight excluding hydrogens is 320 g/mol. The molecule has 0 unspecified atom stereocenters. The van der Waals surface area contributed by atoms with Gasteiger partial charge in [0.2, 0.25) is 5.91 Å². The third-order valence-electron chi connectivity index (χ3n) is 5.16. The van der Waals surface area contributed by atoms with Crippen molar-refractivity contribution >= 4 is 11.9 Å². The Labute approximate surface area is 148 Å². The maximum Gasteiger partial charge on any atom is 0.328 e. The van der Waals surface area contributed by atoms with Crippen LogP contribution in [0.1, 0.15) is 38.2 Å². The van der Waals surface area contributed by atoms with E-state index in [-0.39, 0.29) is 12.5 Å². The number of benzene rings is 1. The molecule has 2 heterocycles. The van der Waals surface area contributed by atoms with Crippen molar-refractivity contribution in [1.29, 1.82) is 0 Å². The summed E-state index contributed by atoms with van der Waals surface area (Å²) >= 11 is 0. The number of carboxylic acid groups (broad SMARTS) is 1. The molecule has 1 aromatic carbocycles. The van der Waals surface area contributed by atoms with E-state index < -0.39 is 17.7 Å². The van der Waals surface area contributed by atoms with E-state index in [2.05, 4.69) is 17.0 Å². The van der Waals surface area contributed by atoms with Gasteiger partial charge in [-0.2, -0.15) is 0 Å². The van der Waals surface area contributed by atoms with Gasteiger partial charge in [-0.3, -0.25) is 14.6 Å². The van der Waals surface area contributed by atoms with Crippen LogP contribution in [0.5, 0.6) is 0 Å². The number of piperidine rings is 1. The summed E-state index contributed by atoms with van der Waals surface area (Å²) in [6, 6.07) is 9.42. The third-order valence-corrected chi connectivity index (χ3v) is 5.16. The number of amides is 1. The molecule has 2 saturated heterocycles. The highest BCUT2D eigenvalue weighted by Gasteiger charge is 2.53. The van der Waals surface area contributed by atoms with Crippen LogP contribution in [0.4, 0.5) is 0 Å². The highest BCUT2D eigenvalue weighted by molar-refractivity contribution is 5.85. The molecule has 0 aromatic heterocycles. The summed E-state index contributed by atoms with van der Waals surface area (Å²) in [5.74, 6) is -1.09. The molecular formula is C19H26N2O4. The lowest BCUT2D eigenvalue weighted by Gasteiger charge is -2.44. The maximum atomic E-state index is 12.6. The number of hydrogen-bond donors (Lipinski definition) is 1. The molecule has 0 bridgehead atoms. The molecule has 2 aliphatic heterocycles. The van der Waals surface area contributed by atoms with Crippen LogP contribution in [0.3, 0.4) is 0 Å². The fourth-order valence-corrected chi connectivity index (χ4v) is 3.87. The molecule has 1 amide bonds. The van der Waals surface area contributed by atoms with E-state index in [1.165, 1.54) is 10.5 Å². The van der Waals surface area contributed by atoms with Gasteiger partial charge in [0, 0.05) is 38.9 Å². The lowest BCUT2D eigenvalue weighted by molar-refractivity contribution is -0.166. The second-order valence-corrected chi connectivity index (χ2v) is 6.89. The van der Waals surface area contributed by atoms with Gasteiger partial charge >= 0.3 is 5.97 Å². The quantitative estimate of drug-likeness (QED) is 0.884. The van der Waals surface area contributed by atoms with Crippen LogP contribution >= 0.6 is 0 Å². The molecule has 1 N–H and O–H groups in total. The number of nitrogens with zero attached hydrogens (tertiary/aromatic N) is 2. The van der Waals surface area contributed by atoms with Crippen molar-refractivity contribution in [3.8, 4) is 0 Å². The van der Waals surface area contributed by atoms with Crippen molar-refractivity contribution in [2.75, 3.05) is 19.7 Å². The van der Waals surface area contributed by atoms with Crippen LogP contribution in [0.25, 0.3) is 0 Å². The van der Waals surface area contributed by atoms with Gasteiger partial charge < -0.3 is 9.84 Å². The van der Waals surface area contributed by atoms with Gasteiger partial charge in [0.05, 0.1) is 6.61 Å². The van der Waals surface area contributed by atoms with Gasteiger partial charge in [-0.1, -0.05) is 37.3 Å². The first kappa shape index (κ1) is 17.9. The highest BCUT2D eigenvalue weighted by Crippen LogP contribution is 2.38. The van der Waals surface area contributed by atoms with Crippen molar-refractivity contribution in [2.24, 2.45) is 0 Å². The second kappa shape index (κ2) is 7.54. The Kier molecular flexibility index (Phi) is 5.39. The van der Waals surface area contributed by atoms with E-state index in [0.29, 0.717) is 25.7 Å². The van der Waals surface area contributed by atoms with Crippen LogP contribution in [0.2, 0.25) is 0 Å². The van der Waals surface area contributed by atoms with E-state index in [9.17, 15) is 14.7 Å². The average Bonchev–Trinajstić information content (AvgIpc) is 2.98. The van der Waals surface area contributed by atoms with Crippen molar-refractivity contribution in [3.63, 3.8) is 0 Å². The van der Waals surface area contributed by atoms with E-state index in [0.717, 1.165) is 19.6 Å². The Morgan fingerprint density at radius 3 is 2.52 bits per heavy atom. The van der Waals surface area contributed by atoms with E-state index in [1.807, 2.05) is 25.1 Å². The van der Waals surface area contributed by atoms with Gasteiger partial charge in [0.25, 0.3) is 0 Å². The van der Waals surface area contributed by atoms with Crippen molar-refractivity contribution in [2.45, 2.75) is 50.9 Å². The summed E-state index contributed by atoms with van der Waals surface area (Å²) in [7, 11) is 0. The molecule has 0 radical (unpaired) electrons. The molecule has 1 aromatic rings. The van der Waals surface area contributed by atoms with Crippen LogP contribution < -0.4 is 0 Å². The minimum atomic E-state index is -0.979. The number of likely N-dealkylation sites (tertiary alicyclic amines) is 1.